The van der Waals surface area contributed by atoms with Crippen molar-refractivity contribution in [3.8, 4) is 0 Å². The van der Waals surface area contributed by atoms with Crippen molar-refractivity contribution in [2.24, 2.45) is 0 Å². The Morgan fingerprint density at radius 3 is 3.15 bits per heavy atom. The topological polar surface area (TPSA) is 32.3 Å². The second kappa shape index (κ2) is 5.60. The van der Waals surface area contributed by atoms with E-state index in [-0.39, 0.29) is 0 Å². The maximum absolute atomic E-state index is 9.26. The van der Waals surface area contributed by atoms with Gasteiger partial charge in [0.15, 0.2) is 0 Å². The van der Waals surface area contributed by atoms with Crippen LogP contribution < -0.4 is 5.32 Å². The summed E-state index contributed by atoms with van der Waals surface area (Å²) in [5, 5.41) is 12.5. The maximum atomic E-state index is 9.26. The molecule has 0 spiro atoms. The molecular formula is C11H17NO. The highest BCUT2D eigenvalue weighted by Crippen LogP contribution is 2.13. The van der Waals surface area contributed by atoms with Crippen LogP contribution in [-0.4, -0.2) is 18.2 Å². The van der Waals surface area contributed by atoms with Crippen molar-refractivity contribution in [3.05, 3.63) is 35.6 Å². The molecule has 0 unspecified atom stereocenters. The van der Waals surface area contributed by atoms with Crippen LogP contribution in [0.15, 0.2) is 35.6 Å². The first-order chi connectivity index (χ1) is 6.33. The quantitative estimate of drug-likeness (QED) is 0.512. The summed E-state index contributed by atoms with van der Waals surface area (Å²) < 4.78 is 0. The average Bonchev–Trinajstić information content (AvgIpc) is 2.13. The standard InChI is InChI=1S/C11H17NO/c1-2-3-7-12-9-10-5-4-6-11(13)8-10/h2-3,5,8,12-13H,4,6-7,9H2,1H3/b3-2+. The molecule has 1 rings (SSSR count). The van der Waals surface area contributed by atoms with Crippen molar-refractivity contribution in [2.45, 2.75) is 19.8 Å². The van der Waals surface area contributed by atoms with Gasteiger partial charge in [-0.2, -0.15) is 0 Å². The second-order valence-electron chi connectivity index (χ2n) is 3.15. The predicted molar refractivity (Wildman–Crippen MR) is 55.7 cm³/mol. The third-order valence-corrected chi connectivity index (χ3v) is 1.99. The Labute approximate surface area is 79.7 Å². The number of rotatable bonds is 4. The fourth-order valence-electron chi connectivity index (χ4n) is 1.29. The van der Waals surface area contributed by atoms with E-state index in [0.29, 0.717) is 5.76 Å². The van der Waals surface area contributed by atoms with E-state index in [4.69, 9.17) is 0 Å². The molecule has 0 atom stereocenters. The van der Waals surface area contributed by atoms with Gasteiger partial charge in [-0.15, -0.1) is 0 Å². The minimum Gasteiger partial charge on any atom is -0.512 e. The Kier molecular flexibility index (Phi) is 4.33. The molecule has 0 aromatic heterocycles. The SMILES string of the molecule is C/C=C/CNCC1=CCCC(O)=C1. The van der Waals surface area contributed by atoms with Crippen molar-refractivity contribution in [1.29, 1.82) is 0 Å². The molecule has 1 aliphatic carbocycles. The number of nitrogens with one attached hydrogen (secondary N) is 1. The number of hydrogen-bond acceptors (Lipinski definition) is 2. The van der Waals surface area contributed by atoms with E-state index in [1.54, 1.807) is 0 Å². The molecule has 0 amide bonds. The van der Waals surface area contributed by atoms with Gasteiger partial charge in [-0.25, -0.2) is 0 Å². The zero-order valence-corrected chi connectivity index (χ0v) is 8.09. The van der Waals surface area contributed by atoms with Crippen LogP contribution in [0.3, 0.4) is 0 Å². The van der Waals surface area contributed by atoms with Crippen LogP contribution in [0.5, 0.6) is 0 Å². The van der Waals surface area contributed by atoms with E-state index in [0.717, 1.165) is 25.9 Å². The molecule has 0 fully saturated rings. The summed E-state index contributed by atoms with van der Waals surface area (Å²) >= 11 is 0. The molecule has 13 heavy (non-hydrogen) atoms. The van der Waals surface area contributed by atoms with E-state index < -0.39 is 0 Å². The molecule has 0 aromatic carbocycles. The Hall–Kier alpha value is -1.02. The van der Waals surface area contributed by atoms with Gasteiger partial charge in [0.1, 0.15) is 0 Å². The molecule has 2 nitrogen and oxygen atoms in total. The van der Waals surface area contributed by atoms with Gasteiger partial charge in [-0.1, -0.05) is 18.2 Å². The van der Waals surface area contributed by atoms with E-state index in [1.165, 1.54) is 5.57 Å². The lowest BCUT2D eigenvalue weighted by molar-refractivity contribution is 0.386. The van der Waals surface area contributed by atoms with Crippen molar-refractivity contribution < 1.29 is 5.11 Å². The molecule has 0 saturated carbocycles. The molecule has 2 heteroatoms. The van der Waals surface area contributed by atoms with Crippen LogP contribution in [0.1, 0.15) is 19.8 Å². The number of aliphatic hydroxyl groups excluding tert-OH is 1. The fraction of sp³-hybridized carbons (Fsp3) is 0.455. The highest BCUT2D eigenvalue weighted by atomic mass is 16.3. The van der Waals surface area contributed by atoms with Gasteiger partial charge < -0.3 is 10.4 Å². The number of hydrogen-bond donors (Lipinski definition) is 2. The van der Waals surface area contributed by atoms with Crippen molar-refractivity contribution in [2.75, 3.05) is 13.1 Å². The number of allylic oxidation sites excluding steroid dienone is 3. The Bertz CT molecular complexity index is 238. The summed E-state index contributed by atoms with van der Waals surface area (Å²) in [6.45, 7) is 3.74. The zero-order valence-electron chi connectivity index (χ0n) is 8.09. The van der Waals surface area contributed by atoms with Gasteiger partial charge in [0, 0.05) is 19.5 Å². The fourth-order valence-corrected chi connectivity index (χ4v) is 1.29. The lowest BCUT2D eigenvalue weighted by atomic mass is 10.1. The van der Waals surface area contributed by atoms with Gasteiger partial charge in [-0.3, -0.25) is 0 Å². The lowest BCUT2D eigenvalue weighted by Crippen LogP contribution is -2.17. The highest BCUT2D eigenvalue weighted by molar-refractivity contribution is 5.25. The molecule has 0 aromatic rings. The molecule has 0 saturated heterocycles. The lowest BCUT2D eigenvalue weighted by Gasteiger charge is -2.09. The van der Waals surface area contributed by atoms with Gasteiger partial charge in [0.2, 0.25) is 0 Å². The Morgan fingerprint density at radius 2 is 2.46 bits per heavy atom. The van der Waals surface area contributed by atoms with Gasteiger partial charge >= 0.3 is 0 Å². The molecular weight excluding hydrogens is 162 g/mol. The Morgan fingerprint density at radius 1 is 1.62 bits per heavy atom. The van der Waals surface area contributed by atoms with Gasteiger partial charge in [-0.05, 0) is 25.0 Å². The first-order valence-electron chi connectivity index (χ1n) is 4.73. The normalized spacial score (nSPS) is 17.3. The summed E-state index contributed by atoms with van der Waals surface area (Å²) in [5.74, 6) is 0.505. The summed E-state index contributed by atoms with van der Waals surface area (Å²) in [7, 11) is 0. The van der Waals surface area contributed by atoms with E-state index in [1.807, 2.05) is 19.1 Å². The van der Waals surface area contributed by atoms with Crippen molar-refractivity contribution in [3.63, 3.8) is 0 Å². The minimum absolute atomic E-state index is 0.505. The second-order valence-corrected chi connectivity index (χ2v) is 3.15. The van der Waals surface area contributed by atoms with Crippen LogP contribution in [0, 0.1) is 0 Å². The summed E-state index contributed by atoms with van der Waals surface area (Å²) in [5.41, 5.74) is 1.19. The molecule has 1 aliphatic rings. The largest absolute Gasteiger partial charge is 0.512 e. The summed E-state index contributed by atoms with van der Waals surface area (Å²) in [4.78, 5) is 0. The van der Waals surface area contributed by atoms with Crippen LogP contribution in [0.2, 0.25) is 0 Å². The third-order valence-electron chi connectivity index (χ3n) is 1.99. The van der Waals surface area contributed by atoms with Crippen LogP contribution in [-0.2, 0) is 0 Å². The molecule has 2 N–H and O–H groups in total. The third kappa shape index (κ3) is 3.95. The molecule has 72 valence electrons. The predicted octanol–water partition coefficient (Wildman–Crippen LogP) is 2.31. The Balaban J connectivity index is 2.25. The zero-order chi connectivity index (χ0) is 9.52. The van der Waals surface area contributed by atoms with Crippen LogP contribution in [0.25, 0.3) is 0 Å². The van der Waals surface area contributed by atoms with Gasteiger partial charge in [0.25, 0.3) is 0 Å². The van der Waals surface area contributed by atoms with E-state index >= 15 is 0 Å². The van der Waals surface area contributed by atoms with Crippen LogP contribution in [0.4, 0.5) is 0 Å². The van der Waals surface area contributed by atoms with E-state index in [2.05, 4.69) is 17.5 Å². The maximum Gasteiger partial charge on any atom is 0.0928 e. The average molecular weight is 179 g/mol. The smallest absolute Gasteiger partial charge is 0.0928 e. The van der Waals surface area contributed by atoms with E-state index in [9.17, 15) is 5.11 Å². The minimum atomic E-state index is 0.505. The number of aliphatic hydroxyl groups is 1. The molecule has 0 heterocycles. The van der Waals surface area contributed by atoms with Gasteiger partial charge in [0.05, 0.1) is 5.76 Å². The summed E-state index contributed by atoms with van der Waals surface area (Å²) in [6, 6.07) is 0. The summed E-state index contributed by atoms with van der Waals surface area (Å²) in [6.07, 6.45) is 9.87. The first-order valence-corrected chi connectivity index (χ1v) is 4.73. The van der Waals surface area contributed by atoms with Crippen molar-refractivity contribution >= 4 is 0 Å². The molecule has 0 bridgehead atoms. The monoisotopic (exact) mass is 179 g/mol. The molecule has 0 radical (unpaired) electrons. The van der Waals surface area contributed by atoms with Crippen LogP contribution >= 0.6 is 0 Å². The first kappa shape index (κ1) is 10.1. The van der Waals surface area contributed by atoms with Crippen molar-refractivity contribution in [1.82, 2.24) is 5.32 Å². The molecule has 0 aliphatic heterocycles. The highest BCUT2D eigenvalue weighted by Gasteiger charge is 2.02.